The maximum absolute atomic E-state index is 13.5. The first-order valence-electron chi connectivity index (χ1n) is 5.96. The SMILES string of the molecule is CN(C(=O)NCC1(C(=O)O)CC1)c1ccccc1F. The monoisotopic (exact) mass is 266 g/mol. The average molecular weight is 266 g/mol. The van der Waals surface area contributed by atoms with Crippen molar-refractivity contribution in [1.82, 2.24) is 5.32 Å². The van der Waals surface area contributed by atoms with Gasteiger partial charge in [-0.15, -0.1) is 0 Å². The minimum absolute atomic E-state index is 0.0694. The standard InChI is InChI=1S/C13H15FN2O3/c1-16(10-5-3-2-4-9(10)14)12(19)15-8-13(6-7-13)11(17)18/h2-5H,6-8H2,1H3,(H,15,19)(H,17,18). The smallest absolute Gasteiger partial charge is 0.321 e. The summed E-state index contributed by atoms with van der Waals surface area (Å²) < 4.78 is 13.5. The van der Waals surface area contributed by atoms with E-state index >= 15 is 0 Å². The Morgan fingerprint density at radius 3 is 2.58 bits per heavy atom. The van der Waals surface area contributed by atoms with Crippen LogP contribution in [0.3, 0.4) is 0 Å². The highest BCUT2D eigenvalue weighted by molar-refractivity contribution is 5.92. The van der Waals surface area contributed by atoms with Gasteiger partial charge in [0, 0.05) is 13.6 Å². The summed E-state index contributed by atoms with van der Waals surface area (Å²) in [7, 11) is 1.44. The van der Waals surface area contributed by atoms with Gasteiger partial charge in [0.05, 0.1) is 11.1 Å². The van der Waals surface area contributed by atoms with E-state index in [4.69, 9.17) is 5.11 Å². The summed E-state index contributed by atoms with van der Waals surface area (Å²) in [5.41, 5.74) is -0.675. The maximum Gasteiger partial charge on any atom is 0.321 e. The van der Waals surface area contributed by atoms with Crippen molar-refractivity contribution < 1.29 is 19.1 Å². The number of hydrogen-bond acceptors (Lipinski definition) is 2. The van der Waals surface area contributed by atoms with E-state index in [-0.39, 0.29) is 12.2 Å². The van der Waals surface area contributed by atoms with E-state index in [2.05, 4.69) is 5.32 Å². The fourth-order valence-corrected chi connectivity index (χ4v) is 1.81. The quantitative estimate of drug-likeness (QED) is 0.873. The van der Waals surface area contributed by atoms with Crippen molar-refractivity contribution in [3.8, 4) is 0 Å². The molecule has 2 amide bonds. The summed E-state index contributed by atoms with van der Waals surface area (Å²) in [6, 6.07) is 5.39. The summed E-state index contributed by atoms with van der Waals surface area (Å²) in [6.45, 7) is 0.0694. The average Bonchev–Trinajstić information content (AvgIpc) is 3.17. The molecule has 0 saturated heterocycles. The van der Waals surface area contributed by atoms with E-state index in [0.717, 1.165) is 4.90 Å². The number of carbonyl (C=O) groups is 2. The van der Waals surface area contributed by atoms with Crippen LogP contribution in [0.4, 0.5) is 14.9 Å². The van der Waals surface area contributed by atoms with Crippen LogP contribution in [0.1, 0.15) is 12.8 Å². The number of nitrogens with zero attached hydrogens (tertiary/aromatic N) is 1. The molecule has 102 valence electrons. The first-order chi connectivity index (χ1) is 8.96. The van der Waals surface area contributed by atoms with Gasteiger partial charge in [-0.25, -0.2) is 9.18 Å². The third-order valence-electron chi connectivity index (χ3n) is 3.40. The van der Waals surface area contributed by atoms with Crippen LogP contribution in [0.2, 0.25) is 0 Å². The van der Waals surface area contributed by atoms with Gasteiger partial charge in [0.15, 0.2) is 0 Å². The molecular formula is C13H15FN2O3. The zero-order valence-electron chi connectivity index (χ0n) is 10.5. The number of amides is 2. The molecule has 1 aromatic rings. The minimum atomic E-state index is -0.902. The second kappa shape index (κ2) is 4.87. The predicted octanol–water partition coefficient (Wildman–Crippen LogP) is 1.84. The molecule has 0 bridgehead atoms. The molecular weight excluding hydrogens is 251 g/mol. The Hall–Kier alpha value is -2.11. The van der Waals surface area contributed by atoms with Crippen LogP contribution < -0.4 is 10.2 Å². The largest absolute Gasteiger partial charge is 0.481 e. The molecule has 0 atom stereocenters. The molecule has 0 unspecified atom stereocenters. The minimum Gasteiger partial charge on any atom is -0.481 e. The van der Waals surface area contributed by atoms with Crippen molar-refractivity contribution in [2.75, 3.05) is 18.5 Å². The molecule has 6 heteroatoms. The topological polar surface area (TPSA) is 69.6 Å². The third-order valence-corrected chi connectivity index (χ3v) is 3.40. The molecule has 0 heterocycles. The third kappa shape index (κ3) is 2.67. The van der Waals surface area contributed by atoms with Crippen LogP contribution >= 0.6 is 0 Å². The molecule has 0 radical (unpaired) electrons. The Labute approximate surface area is 110 Å². The zero-order valence-corrected chi connectivity index (χ0v) is 10.5. The van der Waals surface area contributed by atoms with Gasteiger partial charge in [-0.3, -0.25) is 9.69 Å². The lowest BCUT2D eigenvalue weighted by molar-refractivity contribution is -0.143. The Bertz CT molecular complexity index is 514. The van der Waals surface area contributed by atoms with Crippen molar-refractivity contribution >= 4 is 17.7 Å². The molecule has 0 aromatic heterocycles. The number of halogens is 1. The van der Waals surface area contributed by atoms with E-state index in [0.29, 0.717) is 12.8 Å². The number of benzene rings is 1. The molecule has 1 saturated carbocycles. The number of carbonyl (C=O) groups excluding carboxylic acids is 1. The number of carboxylic acid groups (broad SMARTS) is 1. The highest BCUT2D eigenvalue weighted by Crippen LogP contribution is 2.45. The fraction of sp³-hybridized carbons (Fsp3) is 0.385. The normalized spacial score (nSPS) is 15.7. The number of para-hydroxylation sites is 1. The van der Waals surface area contributed by atoms with Gasteiger partial charge < -0.3 is 10.4 Å². The summed E-state index contributed by atoms with van der Waals surface area (Å²) in [6.07, 6.45) is 1.12. The predicted molar refractivity (Wildman–Crippen MR) is 67.5 cm³/mol. The van der Waals surface area contributed by atoms with Crippen molar-refractivity contribution in [3.63, 3.8) is 0 Å². The van der Waals surface area contributed by atoms with E-state index < -0.39 is 23.2 Å². The van der Waals surface area contributed by atoms with Crippen LogP contribution in [-0.4, -0.2) is 30.7 Å². The van der Waals surface area contributed by atoms with Gasteiger partial charge in [0.25, 0.3) is 0 Å². The second-order valence-corrected chi connectivity index (χ2v) is 4.75. The number of carboxylic acids is 1. The fourth-order valence-electron chi connectivity index (χ4n) is 1.81. The summed E-state index contributed by atoms with van der Waals surface area (Å²) in [5, 5.41) is 11.5. The van der Waals surface area contributed by atoms with E-state index in [1.165, 1.54) is 25.2 Å². The van der Waals surface area contributed by atoms with Crippen LogP contribution in [0.25, 0.3) is 0 Å². The molecule has 1 fully saturated rings. The lowest BCUT2D eigenvalue weighted by Crippen LogP contribution is -2.42. The molecule has 5 nitrogen and oxygen atoms in total. The summed E-state index contributed by atoms with van der Waals surface area (Å²) in [5.74, 6) is -1.40. The molecule has 0 spiro atoms. The molecule has 1 aliphatic carbocycles. The van der Waals surface area contributed by atoms with Gasteiger partial charge in [-0.05, 0) is 25.0 Å². The van der Waals surface area contributed by atoms with Crippen molar-refractivity contribution in [2.45, 2.75) is 12.8 Å². The summed E-state index contributed by atoms with van der Waals surface area (Å²) >= 11 is 0. The van der Waals surface area contributed by atoms with Crippen molar-refractivity contribution in [1.29, 1.82) is 0 Å². The van der Waals surface area contributed by atoms with Gasteiger partial charge in [-0.2, -0.15) is 0 Å². The summed E-state index contributed by atoms with van der Waals surface area (Å²) in [4.78, 5) is 23.9. The van der Waals surface area contributed by atoms with Crippen LogP contribution in [0.15, 0.2) is 24.3 Å². The Kier molecular flexibility index (Phi) is 3.42. The van der Waals surface area contributed by atoms with Gasteiger partial charge >= 0.3 is 12.0 Å². The Balaban J connectivity index is 1.97. The van der Waals surface area contributed by atoms with E-state index in [1.807, 2.05) is 0 Å². The zero-order chi connectivity index (χ0) is 14.0. The van der Waals surface area contributed by atoms with Crippen LogP contribution in [0, 0.1) is 11.2 Å². The highest BCUT2D eigenvalue weighted by atomic mass is 19.1. The van der Waals surface area contributed by atoms with Crippen molar-refractivity contribution in [3.05, 3.63) is 30.1 Å². The molecule has 0 aliphatic heterocycles. The van der Waals surface area contributed by atoms with E-state index in [9.17, 15) is 14.0 Å². The number of hydrogen-bond donors (Lipinski definition) is 2. The first-order valence-corrected chi connectivity index (χ1v) is 5.96. The lowest BCUT2D eigenvalue weighted by Gasteiger charge is -2.20. The molecule has 2 N–H and O–H groups in total. The van der Waals surface area contributed by atoms with Gasteiger partial charge in [-0.1, -0.05) is 12.1 Å². The molecule has 19 heavy (non-hydrogen) atoms. The van der Waals surface area contributed by atoms with Crippen molar-refractivity contribution in [2.24, 2.45) is 5.41 Å². The van der Waals surface area contributed by atoms with E-state index in [1.54, 1.807) is 6.07 Å². The van der Waals surface area contributed by atoms with Gasteiger partial charge in [0.2, 0.25) is 0 Å². The lowest BCUT2D eigenvalue weighted by atomic mass is 10.1. The first kappa shape index (κ1) is 13.3. The Morgan fingerprint density at radius 1 is 1.42 bits per heavy atom. The Morgan fingerprint density at radius 2 is 2.05 bits per heavy atom. The van der Waals surface area contributed by atoms with Gasteiger partial charge in [0.1, 0.15) is 5.82 Å². The van der Waals surface area contributed by atoms with Crippen LogP contribution in [0.5, 0.6) is 0 Å². The second-order valence-electron chi connectivity index (χ2n) is 4.75. The number of rotatable bonds is 4. The number of aliphatic carboxylic acids is 1. The molecule has 2 rings (SSSR count). The molecule has 1 aliphatic rings. The number of anilines is 1. The maximum atomic E-state index is 13.5. The van der Waals surface area contributed by atoms with Crippen LogP contribution in [-0.2, 0) is 4.79 Å². The number of nitrogens with one attached hydrogen (secondary N) is 1. The highest BCUT2D eigenvalue weighted by Gasteiger charge is 2.50. The number of urea groups is 1. The molecule has 1 aromatic carbocycles.